The molecule has 2 aliphatic carbocycles. The van der Waals surface area contributed by atoms with Crippen LogP contribution in [0.5, 0.6) is 0 Å². The van der Waals surface area contributed by atoms with Gasteiger partial charge in [0.1, 0.15) is 11.4 Å². The molecule has 2 saturated carbocycles. The van der Waals surface area contributed by atoms with Gasteiger partial charge < -0.3 is 5.32 Å². The quantitative estimate of drug-likeness (QED) is 0.752. The molecule has 0 radical (unpaired) electrons. The Morgan fingerprint density at radius 2 is 2.20 bits per heavy atom. The van der Waals surface area contributed by atoms with E-state index in [1.165, 1.54) is 6.42 Å². The highest BCUT2D eigenvalue weighted by molar-refractivity contribution is 6.08. The largest absolute Gasteiger partial charge is 0.312 e. The van der Waals surface area contributed by atoms with Crippen LogP contribution < -0.4 is 5.32 Å². The van der Waals surface area contributed by atoms with Gasteiger partial charge in [0, 0.05) is 6.42 Å². The van der Waals surface area contributed by atoms with Crippen LogP contribution in [0, 0.1) is 11.8 Å². The van der Waals surface area contributed by atoms with E-state index >= 15 is 0 Å². The highest BCUT2D eigenvalue weighted by atomic mass is 16.2. The molecule has 0 aromatic rings. The van der Waals surface area contributed by atoms with Crippen LogP contribution in [-0.4, -0.2) is 17.3 Å². The average molecular weight is 206 g/mol. The van der Waals surface area contributed by atoms with Crippen LogP contribution in [0.4, 0.5) is 0 Å². The van der Waals surface area contributed by atoms with Crippen LogP contribution >= 0.6 is 0 Å². The Bertz CT molecular complexity index is 325. The van der Waals surface area contributed by atoms with E-state index in [9.17, 15) is 4.79 Å². The third kappa shape index (κ3) is 1.40. The highest BCUT2D eigenvalue weighted by Gasteiger charge is 2.59. The van der Waals surface area contributed by atoms with Crippen molar-refractivity contribution >= 4 is 11.7 Å². The SMILES string of the molecule is CCCCC1=NC2(C[C@H]3C[C@H]3C2)C(=O)N1. The van der Waals surface area contributed by atoms with Crippen molar-refractivity contribution in [1.29, 1.82) is 0 Å². The Morgan fingerprint density at radius 1 is 1.47 bits per heavy atom. The summed E-state index contributed by atoms with van der Waals surface area (Å²) in [6, 6.07) is 0. The van der Waals surface area contributed by atoms with Crippen LogP contribution in [0.25, 0.3) is 0 Å². The summed E-state index contributed by atoms with van der Waals surface area (Å²) >= 11 is 0. The molecule has 1 spiro atoms. The zero-order valence-electron chi connectivity index (χ0n) is 9.25. The minimum absolute atomic E-state index is 0.181. The molecule has 15 heavy (non-hydrogen) atoms. The van der Waals surface area contributed by atoms with E-state index in [2.05, 4.69) is 17.2 Å². The molecule has 1 amide bonds. The first-order chi connectivity index (χ1) is 7.23. The number of rotatable bonds is 3. The summed E-state index contributed by atoms with van der Waals surface area (Å²) in [7, 11) is 0. The third-order valence-corrected chi connectivity index (χ3v) is 4.07. The molecule has 2 fully saturated rings. The molecule has 0 saturated heterocycles. The van der Waals surface area contributed by atoms with Crippen LogP contribution in [0.3, 0.4) is 0 Å². The van der Waals surface area contributed by atoms with Gasteiger partial charge in [-0.3, -0.25) is 9.79 Å². The monoisotopic (exact) mass is 206 g/mol. The van der Waals surface area contributed by atoms with Gasteiger partial charge in [0.15, 0.2) is 0 Å². The summed E-state index contributed by atoms with van der Waals surface area (Å²) in [5.41, 5.74) is -0.323. The van der Waals surface area contributed by atoms with Gasteiger partial charge in [-0.2, -0.15) is 0 Å². The fourth-order valence-electron chi connectivity index (χ4n) is 3.08. The second-order valence-corrected chi connectivity index (χ2v) is 5.31. The lowest BCUT2D eigenvalue weighted by Crippen LogP contribution is -2.38. The number of amides is 1. The maximum atomic E-state index is 11.9. The van der Waals surface area contributed by atoms with Crippen molar-refractivity contribution in [3.05, 3.63) is 0 Å². The minimum Gasteiger partial charge on any atom is -0.312 e. The second-order valence-electron chi connectivity index (χ2n) is 5.31. The van der Waals surface area contributed by atoms with E-state index in [1.54, 1.807) is 0 Å². The van der Waals surface area contributed by atoms with Gasteiger partial charge in [0.2, 0.25) is 0 Å². The van der Waals surface area contributed by atoms with Crippen LogP contribution in [-0.2, 0) is 4.79 Å². The molecule has 1 heterocycles. The first kappa shape index (κ1) is 9.37. The second kappa shape index (κ2) is 3.06. The summed E-state index contributed by atoms with van der Waals surface area (Å²) < 4.78 is 0. The standard InChI is InChI=1S/C12H18N2O/c1-2-3-4-10-13-11(15)12(14-10)6-8-5-9(8)7-12/h8-9H,2-7H2,1H3,(H,13,14,15)/t8-,9+,12?. The predicted molar refractivity (Wildman–Crippen MR) is 58.7 cm³/mol. The first-order valence-electron chi connectivity index (χ1n) is 6.14. The maximum absolute atomic E-state index is 11.9. The van der Waals surface area contributed by atoms with E-state index in [1.807, 2.05) is 0 Å². The number of carbonyl (C=O) groups excluding carboxylic acids is 1. The summed E-state index contributed by atoms with van der Waals surface area (Å²) in [6.45, 7) is 2.16. The number of carbonyl (C=O) groups is 1. The average Bonchev–Trinajstić information content (AvgIpc) is 2.71. The van der Waals surface area contributed by atoms with E-state index < -0.39 is 0 Å². The Labute approximate surface area is 90.3 Å². The van der Waals surface area contributed by atoms with Crippen molar-refractivity contribution in [2.75, 3.05) is 0 Å². The first-order valence-corrected chi connectivity index (χ1v) is 6.14. The molecular weight excluding hydrogens is 188 g/mol. The highest BCUT2D eigenvalue weighted by Crippen LogP contribution is 2.58. The van der Waals surface area contributed by atoms with Gasteiger partial charge in [-0.25, -0.2) is 0 Å². The zero-order valence-corrected chi connectivity index (χ0v) is 9.25. The summed E-state index contributed by atoms with van der Waals surface area (Å²) in [5, 5.41) is 2.97. The molecule has 0 aromatic heterocycles. The Morgan fingerprint density at radius 3 is 2.87 bits per heavy atom. The van der Waals surface area contributed by atoms with Gasteiger partial charge >= 0.3 is 0 Å². The third-order valence-electron chi connectivity index (χ3n) is 4.07. The van der Waals surface area contributed by atoms with Crippen molar-refractivity contribution in [3.8, 4) is 0 Å². The normalized spacial score (nSPS) is 41.7. The summed E-state index contributed by atoms with van der Waals surface area (Å²) in [4.78, 5) is 16.6. The number of unbranched alkanes of at least 4 members (excludes halogenated alkanes) is 1. The maximum Gasteiger partial charge on any atom is 0.253 e. The molecule has 1 N–H and O–H groups in total. The number of hydrogen-bond donors (Lipinski definition) is 1. The fourth-order valence-corrected chi connectivity index (χ4v) is 3.08. The van der Waals surface area contributed by atoms with Crippen molar-refractivity contribution < 1.29 is 4.79 Å². The van der Waals surface area contributed by atoms with Gasteiger partial charge in [-0.1, -0.05) is 13.3 Å². The molecule has 0 bridgehead atoms. The molecular formula is C12H18N2O. The van der Waals surface area contributed by atoms with E-state index in [4.69, 9.17) is 0 Å². The molecule has 3 aliphatic rings. The van der Waals surface area contributed by atoms with Crippen LogP contribution in [0.15, 0.2) is 4.99 Å². The van der Waals surface area contributed by atoms with E-state index in [0.29, 0.717) is 0 Å². The number of nitrogens with zero attached hydrogens (tertiary/aromatic N) is 1. The number of amidine groups is 1. The smallest absolute Gasteiger partial charge is 0.253 e. The topological polar surface area (TPSA) is 41.5 Å². The molecule has 1 unspecified atom stereocenters. The number of aliphatic imine (C=N–C) groups is 1. The molecule has 1 aliphatic heterocycles. The molecule has 3 atom stereocenters. The van der Waals surface area contributed by atoms with E-state index in [-0.39, 0.29) is 11.4 Å². The molecule has 3 nitrogen and oxygen atoms in total. The number of fused-ring (bicyclic) bond motifs is 1. The van der Waals surface area contributed by atoms with E-state index in [0.717, 1.165) is 49.8 Å². The lowest BCUT2D eigenvalue weighted by Gasteiger charge is -2.17. The Hall–Kier alpha value is -0.860. The van der Waals surface area contributed by atoms with Gasteiger partial charge in [0.05, 0.1) is 0 Å². The Balaban J connectivity index is 1.73. The van der Waals surface area contributed by atoms with Crippen molar-refractivity contribution in [2.24, 2.45) is 16.8 Å². The van der Waals surface area contributed by atoms with Gasteiger partial charge in [0.25, 0.3) is 5.91 Å². The van der Waals surface area contributed by atoms with Crippen LogP contribution in [0.2, 0.25) is 0 Å². The molecule has 3 heteroatoms. The van der Waals surface area contributed by atoms with Crippen LogP contribution in [0.1, 0.15) is 45.4 Å². The fraction of sp³-hybridized carbons (Fsp3) is 0.833. The predicted octanol–water partition coefficient (Wildman–Crippen LogP) is 1.87. The Kier molecular flexibility index (Phi) is 1.91. The van der Waals surface area contributed by atoms with Gasteiger partial charge in [-0.05, 0) is 37.5 Å². The van der Waals surface area contributed by atoms with Crippen molar-refractivity contribution in [3.63, 3.8) is 0 Å². The van der Waals surface area contributed by atoms with Crippen molar-refractivity contribution in [1.82, 2.24) is 5.32 Å². The summed E-state index contributed by atoms with van der Waals surface area (Å²) in [5.74, 6) is 2.75. The lowest BCUT2D eigenvalue weighted by molar-refractivity contribution is -0.123. The minimum atomic E-state index is -0.323. The van der Waals surface area contributed by atoms with Gasteiger partial charge in [-0.15, -0.1) is 0 Å². The number of nitrogens with one attached hydrogen (secondary N) is 1. The number of hydrogen-bond acceptors (Lipinski definition) is 2. The van der Waals surface area contributed by atoms with Crippen molar-refractivity contribution in [2.45, 2.75) is 51.0 Å². The lowest BCUT2D eigenvalue weighted by atomic mass is 9.94. The zero-order chi connectivity index (χ0) is 10.5. The molecule has 82 valence electrons. The molecule has 0 aromatic carbocycles. The summed E-state index contributed by atoms with van der Waals surface area (Å²) in [6.07, 6.45) is 6.60. The molecule has 3 rings (SSSR count).